The van der Waals surface area contributed by atoms with Gasteiger partial charge in [-0.3, -0.25) is 14.5 Å². The summed E-state index contributed by atoms with van der Waals surface area (Å²) >= 11 is 5.49. The van der Waals surface area contributed by atoms with Crippen molar-refractivity contribution in [3.63, 3.8) is 0 Å². The van der Waals surface area contributed by atoms with Crippen LogP contribution in [-0.2, 0) is 9.59 Å². The fraction of sp³-hybridized carbons (Fsp3) is 0.818. The normalized spacial score (nSPS) is 16.9. The number of hydrogen-bond donors (Lipinski definition) is 1. The Labute approximate surface area is 107 Å². The third kappa shape index (κ3) is 4.91. The summed E-state index contributed by atoms with van der Waals surface area (Å²) in [5, 5.41) is 2.84. The molecule has 0 aromatic heterocycles. The number of carbonyl (C=O) groups excluding carboxylic acids is 2. The van der Waals surface area contributed by atoms with Crippen LogP contribution in [0.1, 0.15) is 13.3 Å². The van der Waals surface area contributed by atoms with Gasteiger partial charge in [-0.25, -0.2) is 0 Å². The third-order valence-electron chi connectivity index (χ3n) is 2.78. The minimum Gasteiger partial charge on any atom is -0.355 e. The van der Waals surface area contributed by atoms with E-state index in [1.165, 1.54) is 0 Å². The molecule has 6 heteroatoms. The summed E-state index contributed by atoms with van der Waals surface area (Å²) in [4.78, 5) is 26.6. The predicted octanol–water partition coefficient (Wildman–Crippen LogP) is -0.104. The zero-order valence-electron chi connectivity index (χ0n) is 10.2. The molecule has 0 radical (unpaired) electrons. The lowest BCUT2D eigenvalue weighted by Crippen LogP contribution is -2.51. The number of alkyl halides is 1. The SMILES string of the molecule is CCCNC(=O)CN1CCN(C(=O)CCl)CC1. The fourth-order valence-corrected chi connectivity index (χ4v) is 1.93. The number of carbonyl (C=O) groups is 2. The number of amides is 2. The number of hydrogen-bond acceptors (Lipinski definition) is 3. The number of piperazine rings is 1. The van der Waals surface area contributed by atoms with Crippen LogP contribution in [0.15, 0.2) is 0 Å². The highest BCUT2D eigenvalue weighted by Gasteiger charge is 2.21. The van der Waals surface area contributed by atoms with Gasteiger partial charge in [0.05, 0.1) is 6.54 Å². The van der Waals surface area contributed by atoms with Gasteiger partial charge in [0.15, 0.2) is 0 Å². The van der Waals surface area contributed by atoms with Gasteiger partial charge in [-0.15, -0.1) is 11.6 Å². The Bertz CT molecular complexity index is 265. The van der Waals surface area contributed by atoms with Crippen LogP contribution in [0.4, 0.5) is 0 Å². The Morgan fingerprint density at radius 3 is 2.41 bits per heavy atom. The van der Waals surface area contributed by atoms with Crippen molar-refractivity contribution in [2.24, 2.45) is 0 Å². The molecule has 2 amide bonds. The van der Waals surface area contributed by atoms with E-state index in [4.69, 9.17) is 11.6 Å². The maximum Gasteiger partial charge on any atom is 0.237 e. The molecule has 0 spiro atoms. The van der Waals surface area contributed by atoms with Gasteiger partial charge in [0.1, 0.15) is 5.88 Å². The molecule has 0 aromatic carbocycles. The van der Waals surface area contributed by atoms with Crippen molar-refractivity contribution in [3.05, 3.63) is 0 Å². The van der Waals surface area contributed by atoms with E-state index in [0.717, 1.165) is 26.1 Å². The molecule has 0 unspecified atom stereocenters. The van der Waals surface area contributed by atoms with Gasteiger partial charge in [0.2, 0.25) is 11.8 Å². The molecule has 5 nitrogen and oxygen atoms in total. The van der Waals surface area contributed by atoms with Crippen LogP contribution in [0, 0.1) is 0 Å². The van der Waals surface area contributed by atoms with E-state index in [2.05, 4.69) is 10.2 Å². The van der Waals surface area contributed by atoms with E-state index in [-0.39, 0.29) is 17.7 Å². The van der Waals surface area contributed by atoms with E-state index in [1.807, 2.05) is 6.92 Å². The van der Waals surface area contributed by atoms with E-state index in [0.29, 0.717) is 19.6 Å². The summed E-state index contributed by atoms with van der Waals surface area (Å²) in [7, 11) is 0. The maximum atomic E-state index is 11.5. The van der Waals surface area contributed by atoms with Crippen LogP contribution >= 0.6 is 11.6 Å². The summed E-state index contributed by atoms with van der Waals surface area (Å²) < 4.78 is 0. The minimum atomic E-state index is -0.0262. The molecule has 1 rings (SSSR count). The number of nitrogens with one attached hydrogen (secondary N) is 1. The van der Waals surface area contributed by atoms with Crippen molar-refractivity contribution >= 4 is 23.4 Å². The zero-order chi connectivity index (χ0) is 12.7. The molecule has 1 saturated heterocycles. The zero-order valence-corrected chi connectivity index (χ0v) is 11.0. The molecule has 17 heavy (non-hydrogen) atoms. The van der Waals surface area contributed by atoms with Crippen LogP contribution in [0.3, 0.4) is 0 Å². The first-order valence-electron chi connectivity index (χ1n) is 6.00. The van der Waals surface area contributed by atoms with E-state index < -0.39 is 0 Å². The largest absolute Gasteiger partial charge is 0.355 e. The smallest absolute Gasteiger partial charge is 0.237 e. The maximum absolute atomic E-state index is 11.5. The molecule has 1 aliphatic heterocycles. The first-order chi connectivity index (χ1) is 8.17. The van der Waals surface area contributed by atoms with Crippen LogP contribution in [0.25, 0.3) is 0 Å². The molecular weight excluding hydrogens is 242 g/mol. The Kier molecular flexibility index (Phi) is 6.29. The fourth-order valence-electron chi connectivity index (χ4n) is 1.76. The average molecular weight is 262 g/mol. The van der Waals surface area contributed by atoms with Gasteiger partial charge in [-0.2, -0.15) is 0 Å². The molecule has 1 heterocycles. The molecule has 0 bridgehead atoms. The highest BCUT2D eigenvalue weighted by molar-refractivity contribution is 6.27. The summed E-state index contributed by atoms with van der Waals surface area (Å²) in [5.41, 5.74) is 0. The Morgan fingerprint density at radius 1 is 1.24 bits per heavy atom. The van der Waals surface area contributed by atoms with Gasteiger partial charge >= 0.3 is 0 Å². The molecule has 0 atom stereocenters. The number of nitrogens with zero attached hydrogens (tertiary/aromatic N) is 2. The van der Waals surface area contributed by atoms with Crippen LogP contribution in [0.2, 0.25) is 0 Å². The Hall–Kier alpha value is -0.810. The number of rotatable bonds is 5. The first-order valence-corrected chi connectivity index (χ1v) is 6.53. The molecule has 1 aliphatic rings. The lowest BCUT2D eigenvalue weighted by molar-refractivity contribution is -0.130. The summed E-state index contributed by atoms with van der Waals surface area (Å²) in [6.45, 7) is 5.97. The summed E-state index contributed by atoms with van der Waals surface area (Å²) in [6.07, 6.45) is 0.948. The standard InChI is InChI=1S/C11H20ClN3O2/c1-2-3-13-10(16)9-14-4-6-15(7-5-14)11(17)8-12/h2-9H2,1H3,(H,13,16). The van der Waals surface area contributed by atoms with Crippen LogP contribution in [-0.4, -0.2) is 66.8 Å². The quantitative estimate of drug-likeness (QED) is 0.703. The second kappa shape index (κ2) is 7.50. The lowest BCUT2D eigenvalue weighted by atomic mass is 10.3. The minimum absolute atomic E-state index is 0.0262. The highest BCUT2D eigenvalue weighted by atomic mass is 35.5. The molecule has 0 saturated carbocycles. The van der Waals surface area contributed by atoms with Crippen LogP contribution in [0.5, 0.6) is 0 Å². The van der Waals surface area contributed by atoms with Crippen molar-refractivity contribution in [2.45, 2.75) is 13.3 Å². The van der Waals surface area contributed by atoms with Gasteiger partial charge in [-0.05, 0) is 6.42 Å². The highest BCUT2D eigenvalue weighted by Crippen LogP contribution is 2.02. The van der Waals surface area contributed by atoms with Gasteiger partial charge in [-0.1, -0.05) is 6.92 Å². The lowest BCUT2D eigenvalue weighted by Gasteiger charge is -2.33. The topological polar surface area (TPSA) is 52.7 Å². The van der Waals surface area contributed by atoms with Crippen molar-refractivity contribution in [3.8, 4) is 0 Å². The summed E-state index contributed by atoms with van der Waals surface area (Å²) in [5.74, 6) is 0.0718. The molecule has 1 N–H and O–H groups in total. The summed E-state index contributed by atoms with van der Waals surface area (Å²) in [6, 6.07) is 0. The molecular formula is C11H20ClN3O2. The van der Waals surface area contributed by atoms with E-state index in [9.17, 15) is 9.59 Å². The Balaban J connectivity index is 2.23. The van der Waals surface area contributed by atoms with Gasteiger partial charge < -0.3 is 10.2 Å². The van der Waals surface area contributed by atoms with Gasteiger partial charge in [0, 0.05) is 32.7 Å². The molecule has 0 aromatic rings. The van der Waals surface area contributed by atoms with E-state index in [1.54, 1.807) is 4.90 Å². The van der Waals surface area contributed by atoms with Gasteiger partial charge in [0.25, 0.3) is 0 Å². The Morgan fingerprint density at radius 2 is 1.88 bits per heavy atom. The predicted molar refractivity (Wildman–Crippen MR) is 67.0 cm³/mol. The average Bonchev–Trinajstić information content (AvgIpc) is 2.36. The molecule has 98 valence electrons. The van der Waals surface area contributed by atoms with Crippen molar-refractivity contribution in [1.29, 1.82) is 0 Å². The molecule has 0 aliphatic carbocycles. The van der Waals surface area contributed by atoms with E-state index >= 15 is 0 Å². The second-order valence-electron chi connectivity index (χ2n) is 4.14. The monoisotopic (exact) mass is 261 g/mol. The van der Waals surface area contributed by atoms with Crippen molar-refractivity contribution in [2.75, 3.05) is 45.1 Å². The van der Waals surface area contributed by atoms with Crippen LogP contribution < -0.4 is 5.32 Å². The van der Waals surface area contributed by atoms with Crippen molar-refractivity contribution in [1.82, 2.24) is 15.1 Å². The van der Waals surface area contributed by atoms with Crippen molar-refractivity contribution < 1.29 is 9.59 Å². The second-order valence-corrected chi connectivity index (χ2v) is 4.41. The molecule has 1 fully saturated rings. The first kappa shape index (κ1) is 14.3. The number of halogens is 1. The third-order valence-corrected chi connectivity index (χ3v) is 3.01.